The summed E-state index contributed by atoms with van der Waals surface area (Å²) >= 11 is 0. The van der Waals surface area contributed by atoms with Gasteiger partial charge >= 0.3 is 0 Å². The maximum absolute atomic E-state index is 12.2. The van der Waals surface area contributed by atoms with Crippen molar-refractivity contribution in [2.75, 3.05) is 11.9 Å². The van der Waals surface area contributed by atoms with Crippen molar-refractivity contribution in [2.45, 2.75) is 45.6 Å². The molecule has 2 atom stereocenters. The summed E-state index contributed by atoms with van der Waals surface area (Å²) in [4.78, 5) is 20.5. The fraction of sp³-hybridized carbons (Fsp3) is 0.643. The Morgan fingerprint density at radius 1 is 1.37 bits per heavy atom. The number of nitrogens with zero attached hydrogens (tertiary/aromatic N) is 2. The summed E-state index contributed by atoms with van der Waals surface area (Å²) in [7, 11) is 0. The van der Waals surface area contributed by atoms with Crippen LogP contribution in [0.5, 0.6) is 0 Å². The molecular weight excluding hydrogens is 240 g/mol. The third-order valence-corrected chi connectivity index (χ3v) is 3.65. The number of anilines is 1. The largest absolute Gasteiger partial charge is 0.369 e. The van der Waals surface area contributed by atoms with E-state index >= 15 is 0 Å². The number of amides is 1. The van der Waals surface area contributed by atoms with E-state index in [2.05, 4.69) is 27.5 Å². The number of carbonyl (C=O) groups excluding carboxylic acids is 1. The van der Waals surface area contributed by atoms with E-state index < -0.39 is 0 Å². The highest BCUT2D eigenvalue weighted by Gasteiger charge is 2.23. The van der Waals surface area contributed by atoms with Gasteiger partial charge < -0.3 is 10.6 Å². The molecule has 19 heavy (non-hydrogen) atoms. The van der Waals surface area contributed by atoms with Crippen LogP contribution in [0.25, 0.3) is 0 Å². The third-order valence-electron chi connectivity index (χ3n) is 3.65. The van der Waals surface area contributed by atoms with Crippen molar-refractivity contribution < 1.29 is 4.79 Å². The Bertz CT molecular complexity index is 435. The number of hydrogen-bond acceptors (Lipinski definition) is 4. The molecule has 2 unspecified atom stereocenters. The van der Waals surface area contributed by atoms with E-state index in [1.54, 1.807) is 6.20 Å². The Hall–Kier alpha value is -1.65. The molecule has 1 aliphatic carbocycles. The number of hydrogen-bond donors (Lipinski definition) is 2. The third kappa shape index (κ3) is 3.66. The minimum Gasteiger partial charge on any atom is -0.369 e. The monoisotopic (exact) mass is 262 g/mol. The SMILES string of the molecule is CCNc1cncc(C(=O)NC2CCCCC2C)n1. The first-order valence-corrected chi connectivity index (χ1v) is 7.07. The van der Waals surface area contributed by atoms with Gasteiger partial charge in [0.2, 0.25) is 0 Å². The smallest absolute Gasteiger partial charge is 0.271 e. The molecule has 0 aromatic carbocycles. The predicted molar refractivity (Wildman–Crippen MR) is 75.1 cm³/mol. The number of aromatic nitrogens is 2. The summed E-state index contributed by atoms with van der Waals surface area (Å²) in [6, 6.07) is 0.269. The summed E-state index contributed by atoms with van der Waals surface area (Å²) < 4.78 is 0. The summed E-state index contributed by atoms with van der Waals surface area (Å²) in [5, 5.41) is 6.15. The number of rotatable bonds is 4. The van der Waals surface area contributed by atoms with Crippen LogP contribution in [-0.2, 0) is 0 Å². The molecule has 104 valence electrons. The lowest BCUT2D eigenvalue weighted by Gasteiger charge is -2.29. The van der Waals surface area contributed by atoms with Gasteiger partial charge in [-0.1, -0.05) is 19.8 Å². The van der Waals surface area contributed by atoms with Crippen molar-refractivity contribution >= 4 is 11.7 Å². The first kappa shape index (κ1) is 13.8. The van der Waals surface area contributed by atoms with E-state index in [4.69, 9.17) is 0 Å². The molecule has 1 heterocycles. The second-order valence-corrected chi connectivity index (χ2v) is 5.16. The maximum Gasteiger partial charge on any atom is 0.271 e. The second kappa shape index (κ2) is 6.50. The Morgan fingerprint density at radius 3 is 2.89 bits per heavy atom. The lowest BCUT2D eigenvalue weighted by Crippen LogP contribution is -2.41. The molecule has 1 fully saturated rings. The summed E-state index contributed by atoms with van der Waals surface area (Å²) in [6.07, 6.45) is 7.86. The average Bonchev–Trinajstić information content (AvgIpc) is 2.42. The molecule has 1 saturated carbocycles. The van der Waals surface area contributed by atoms with Crippen LogP contribution >= 0.6 is 0 Å². The molecule has 2 rings (SSSR count). The molecule has 0 radical (unpaired) electrons. The van der Waals surface area contributed by atoms with Gasteiger partial charge in [-0.2, -0.15) is 0 Å². The van der Waals surface area contributed by atoms with Crippen molar-refractivity contribution in [3.63, 3.8) is 0 Å². The number of carbonyl (C=O) groups is 1. The van der Waals surface area contributed by atoms with E-state index in [1.165, 1.54) is 25.5 Å². The zero-order valence-corrected chi connectivity index (χ0v) is 11.6. The molecule has 0 spiro atoms. The van der Waals surface area contributed by atoms with Gasteiger partial charge in [-0.15, -0.1) is 0 Å². The van der Waals surface area contributed by atoms with Gasteiger partial charge in [0.1, 0.15) is 11.5 Å². The van der Waals surface area contributed by atoms with Crippen molar-refractivity contribution in [1.29, 1.82) is 0 Å². The first-order chi connectivity index (χ1) is 9.20. The molecule has 1 aliphatic rings. The van der Waals surface area contributed by atoms with E-state index in [0.717, 1.165) is 13.0 Å². The van der Waals surface area contributed by atoms with E-state index in [-0.39, 0.29) is 11.9 Å². The fourth-order valence-corrected chi connectivity index (χ4v) is 2.51. The molecule has 1 aromatic heterocycles. The lowest BCUT2D eigenvalue weighted by atomic mass is 9.86. The van der Waals surface area contributed by atoms with Crippen LogP contribution in [-0.4, -0.2) is 28.5 Å². The fourth-order valence-electron chi connectivity index (χ4n) is 2.51. The van der Waals surface area contributed by atoms with Gasteiger partial charge in [0.25, 0.3) is 5.91 Å². The summed E-state index contributed by atoms with van der Waals surface area (Å²) in [6.45, 7) is 4.95. The molecule has 0 aliphatic heterocycles. The van der Waals surface area contributed by atoms with Crippen LogP contribution in [0.3, 0.4) is 0 Å². The standard InChI is InChI=1S/C14H22N4O/c1-3-16-13-9-15-8-12(17-13)14(19)18-11-7-5-4-6-10(11)2/h8-11H,3-7H2,1-2H3,(H,16,17)(H,18,19). The Labute approximate surface area is 114 Å². The topological polar surface area (TPSA) is 66.9 Å². The molecule has 5 nitrogen and oxygen atoms in total. The van der Waals surface area contributed by atoms with E-state index in [1.807, 2.05) is 6.92 Å². The van der Waals surface area contributed by atoms with Crippen molar-refractivity contribution in [2.24, 2.45) is 5.92 Å². The van der Waals surface area contributed by atoms with Gasteiger partial charge in [-0.05, 0) is 25.7 Å². The zero-order valence-electron chi connectivity index (χ0n) is 11.6. The Morgan fingerprint density at radius 2 is 2.16 bits per heavy atom. The minimum atomic E-state index is -0.119. The summed E-state index contributed by atoms with van der Waals surface area (Å²) in [5.41, 5.74) is 0.385. The normalized spacial score (nSPS) is 22.8. The average molecular weight is 262 g/mol. The van der Waals surface area contributed by atoms with Crippen LogP contribution in [0.4, 0.5) is 5.82 Å². The molecule has 1 amide bonds. The molecule has 5 heteroatoms. The van der Waals surface area contributed by atoms with Gasteiger partial charge in [-0.25, -0.2) is 4.98 Å². The lowest BCUT2D eigenvalue weighted by molar-refractivity contribution is 0.0905. The quantitative estimate of drug-likeness (QED) is 0.873. The van der Waals surface area contributed by atoms with E-state index in [0.29, 0.717) is 17.4 Å². The zero-order chi connectivity index (χ0) is 13.7. The predicted octanol–water partition coefficient (Wildman–Crippen LogP) is 2.22. The number of nitrogens with one attached hydrogen (secondary N) is 2. The second-order valence-electron chi connectivity index (χ2n) is 5.16. The highest BCUT2D eigenvalue weighted by atomic mass is 16.1. The van der Waals surface area contributed by atoms with Gasteiger partial charge in [0.15, 0.2) is 0 Å². The van der Waals surface area contributed by atoms with Crippen LogP contribution in [0, 0.1) is 5.92 Å². The molecular formula is C14H22N4O. The van der Waals surface area contributed by atoms with Crippen LogP contribution in [0.1, 0.15) is 50.0 Å². The van der Waals surface area contributed by atoms with Gasteiger partial charge in [-0.3, -0.25) is 9.78 Å². The Balaban J connectivity index is 2.00. The molecule has 0 saturated heterocycles. The molecule has 1 aromatic rings. The molecule has 0 bridgehead atoms. The summed E-state index contributed by atoms with van der Waals surface area (Å²) in [5.74, 6) is 1.07. The van der Waals surface area contributed by atoms with Crippen LogP contribution in [0.2, 0.25) is 0 Å². The molecule has 2 N–H and O–H groups in total. The van der Waals surface area contributed by atoms with Crippen LogP contribution in [0.15, 0.2) is 12.4 Å². The van der Waals surface area contributed by atoms with E-state index in [9.17, 15) is 4.79 Å². The maximum atomic E-state index is 12.2. The minimum absolute atomic E-state index is 0.119. The first-order valence-electron chi connectivity index (χ1n) is 7.07. The van der Waals surface area contributed by atoms with Crippen LogP contribution < -0.4 is 10.6 Å². The highest BCUT2D eigenvalue weighted by molar-refractivity contribution is 5.92. The van der Waals surface area contributed by atoms with Crippen molar-refractivity contribution in [3.8, 4) is 0 Å². The van der Waals surface area contributed by atoms with Crippen molar-refractivity contribution in [3.05, 3.63) is 18.1 Å². The van der Waals surface area contributed by atoms with Gasteiger partial charge in [0, 0.05) is 12.6 Å². The highest BCUT2D eigenvalue weighted by Crippen LogP contribution is 2.23. The van der Waals surface area contributed by atoms with Crippen molar-refractivity contribution in [1.82, 2.24) is 15.3 Å². The Kier molecular flexibility index (Phi) is 4.71. The van der Waals surface area contributed by atoms with Gasteiger partial charge in [0.05, 0.1) is 12.4 Å².